The van der Waals surface area contributed by atoms with Crippen LogP contribution in [0.3, 0.4) is 0 Å². The van der Waals surface area contributed by atoms with Gasteiger partial charge in [0, 0.05) is 12.2 Å². The first-order chi connectivity index (χ1) is 13.2. The molecule has 3 rings (SSSR count). The third-order valence-corrected chi connectivity index (χ3v) is 4.95. The van der Waals surface area contributed by atoms with Crippen LogP contribution in [-0.4, -0.2) is 24.0 Å². The van der Waals surface area contributed by atoms with Crippen molar-refractivity contribution in [3.63, 3.8) is 0 Å². The van der Waals surface area contributed by atoms with Crippen LogP contribution in [0.25, 0.3) is 0 Å². The van der Waals surface area contributed by atoms with Gasteiger partial charge in [0.05, 0.1) is 12.2 Å². The molecule has 0 fully saturated rings. The van der Waals surface area contributed by atoms with E-state index in [2.05, 4.69) is 31.3 Å². The zero-order valence-electron chi connectivity index (χ0n) is 16.4. The Kier molecular flexibility index (Phi) is 6.74. The molecule has 0 spiro atoms. The SMILES string of the molecule is CCCCCCOc1ccc(C2Nc3ccccc3C(=O)N2CCC)cc1. The molecule has 27 heavy (non-hydrogen) atoms. The number of nitrogens with one attached hydrogen (secondary N) is 1. The Labute approximate surface area is 162 Å². The molecule has 0 saturated heterocycles. The van der Waals surface area contributed by atoms with Crippen molar-refractivity contribution in [3.8, 4) is 5.75 Å². The van der Waals surface area contributed by atoms with Crippen LogP contribution >= 0.6 is 0 Å². The van der Waals surface area contributed by atoms with E-state index in [4.69, 9.17) is 4.74 Å². The number of carbonyl (C=O) groups excluding carboxylic acids is 1. The van der Waals surface area contributed by atoms with Crippen LogP contribution in [0.2, 0.25) is 0 Å². The van der Waals surface area contributed by atoms with Crippen molar-refractivity contribution in [2.45, 2.75) is 52.1 Å². The van der Waals surface area contributed by atoms with E-state index in [1.165, 1.54) is 19.3 Å². The van der Waals surface area contributed by atoms with Gasteiger partial charge in [-0.1, -0.05) is 57.4 Å². The molecular formula is C23H30N2O2. The second kappa shape index (κ2) is 9.45. The van der Waals surface area contributed by atoms with E-state index in [0.717, 1.165) is 48.6 Å². The number of para-hydroxylation sites is 1. The first kappa shape index (κ1) is 19.3. The van der Waals surface area contributed by atoms with Gasteiger partial charge in [0.1, 0.15) is 11.9 Å². The van der Waals surface area contributed by atoms with Crippen LogP contribution in [0, 0.1) is 0 Å². The maximum absolute atomic E-state index is 12.9. The molecule has 144 valence electrons. The van der Waals surface area contributed by atoms with E-state index in [0.29, 0.717) is 0 Å². The number of anilines is 1. The molecule has 4 nitrogen and oxygen atoms in total. The Balaban J connectivity index is 1.71. The Bertz CT molecular complexity index is 742. The highest BCUT2D eigenvalue weighted by molar-refractivity contribution is 6.01. The van der Waals surface area contributed by atoms with Gasteiger partial charge in [0.2, 0.25) is 0 Å². The molecule has 1 atom stereocenters. The predicted octanol–water partition coefficient (Wildman–Crippen LogP) is 5.62. The van der Waals surface area contributed by atoms with E-state index in [1.54, 1.807) is 0 Å². The maximum atomic E-state index is 12.9. The topological polar surface area (TPSA) is 41.6 Å². The highest BCUT2D eigenvalue weighted by Gasteiger charge is 2.31. The molecule has 1 aliphatic rings. The molecule has 1 N–H and O–H groups in total. The van der Waals surface area contributed by atoms with Crippen molar-refractivity contribution in [1.29, 1.82) is 0 Å². The Morgan fingerprint density at radius 2 is 1.74 bits per heavy atom. The summed E-state index contributed by atoms with van der Waals surface area (Å²) >= 11 is 0. The number of fused-ring (bicyclic) bond motifs is 1. The molecule has 0 bridgehead atoms. The summed E-state index contributed by atoms with van der Waals surface area (Å²) in [5, 5.41) is 3.53. The summed E-state index contributed by atoms with van der Waals surface area (Å²) in [6.07, 6.45) is 5.58. The van der Waals surface area contributed by atoms with Crippen LogP contribution in [-0.2, 0) is 0 Å². The van der Waals surface area contributed by atoms with E-state index >= 15 is 0 Å². The lowest BCUT2D eigenvalue weighted by Crippen LogP contribution is -2.43. The highest BCUT2D eigenvalue weighted by atomic mass is 16.5. The average Bonchev–Trinajstić information content (AvgIpc) is 2.70. The maximum Gasteiger partial charge on any atom is 0.257 e. The van der Waals surface area contributed by atoms with Gasteiger partial charge in [-0.3, -0.25) is 4.79 Å². The number of nitrogens with zero attached hydrogens (tertiary/aromatic N) is 1. The summed E-state index contributed by atoms with van der Waals surface area (Å²) in [5.74, 6) is 0.979. The zero-order chi connectivity index (χ0) is 19.1. The lowest BCUT2D eigenvalue weighted by atomic mass is 10.0. The quantitative estimate of drug-likeness (QED) is 0.585. The molecule has 2 aromatic carbocycles. The van der Waals surface area contributed by atoms with Crippen LogP contribution in [0.4, 0.5) is 5.69 Å². The summed E-state index contributed by atoms with van der Waals surface area (Å²) in [6.45, 7) is 5.79. The van der Waals surface area contributed by atoms with Crippen molar-refractivity contribution in [1.82, 2.24) is 4.90 Å². The lowest BCUT2D eigenvalue weighted by molar-refractivity contribution is 0.0683. The summed E-state index contributed by atoms with van der Waals surface area (Å²) in [5.41, 5.74) is 2.72. The van der Waals surface area contributed by atoms with Crippen LogP contribution in [0.1, 0.15) is 68.0 Å². The molecule has 0 aromatic heterocycles. The fourth-order valence-corrected chi connectivity index (χ4v) is 3.49. The summed E-state index contributed by atoms with van der Waals surface area (Å²) in [7, 11) is 0. The van der Waals surface area contributed by atoms with E-state index in [9.17, 15) is 4.79 Å². The lowest BCUT2D eigenvalue weighted by Gasteiger charge is -2.38. The number of hydrogen-bond donors (Lipinski definition) is 1. The molecule has 0 aliphatic carbocycles. The number of unbranched alkanes of at least 4 members (excludes halogenated alkanes) is 3. The van der Waals surface area contributed by atoms with Gasteiger partial charge in [0.15, 0.2) is 0 Å². The second-order valence-corrected chi connectivity index (χ2v) is 7.07. The van der Waals surface area contributed by atoms with Gasteiger partial charge in [-0.25, -0.2) is 0 Å². The number of hydrogen-bond acceptors (Lipinski definition) is 3. The minimum absolute atomic E-state index is 0.0902. The molecule has 1 aliphatic heterocycles. The number of benzene rings is 2. The minimum atomic E-state index is -0.147. The van der Waals surface area contributed by atoms with Crippen molar-refractivity contribution in [2.24, 2.45) is 0 Å². The Morgan fingerprint density at radius 1 is 0.963 bits per heavy atom. The first-order valence-corrected chi connectivity index (χ1v) is 10.1. The van der Waals surface area contributed by atoms with Gasteiger partial charge in [-0.15, -0.1) is 0 Å². The third kappa shape index (κ3) is 4.62. The summed E-state index contributed by atoms with van der Waals surface area (Å²) in [6, 6.07) is 15.9. The first-order valence-electron chi connectivity index (χ1n) is 10.1. The van der Waals surface area contributed by atoms with Crippen molar-refractivity contribution >= 4 is 11.6 Å². The highest BCUT2D eigenvalue weighted by Crippen LogP contribution is 2.33. The minimum Gasteiger partial charge on any atom is -0.494 e. The summed E-state index contributed by atoms with van der Waals surface area (Å²) < 4.78 is 5.85. The number of amides is 1. The zero-order valence-corrected chi connectivity index (χ0v) is 16.4. The summed E-state index contributed by atoms with van der Waals surface area (Å²) in [4.78, 5) is 14.9. The van der Waals surface area contributed by atoms with Crippen LogP contribution < -0.4 is 10.1 Å². The van der Waals surface area contributed by atoms with Crippen molar-refractivity contribution in [2.75, 3.05) is 18.5 Å². The largest absolute Gasteiger partial charge is 0.494 e. The normalized spacial score (nSPS) is 16.0. The molecular weight excluding hydrogens is 336 g/mol. The van der Waals surface area contributed by atoms with Gasteiger partial charge >= 0.3 is 0 Å². The molecule has 2 aromatic rings. The van der Waals surface area contributed by atoms with Crippen molar-refractivity contribution < 1.29 is 9.53 Å². The van der Waals surface area contributed by atoms with Crippen LogP contribution in [0.15, 0.2) is 48.5 Å². The van der Waals surface area contributed by atoms with E-state index in [-0.39, 0.29) is 12.1 Å². The second-order valence-electron chi connectivity index (χ2n) is 7.07. The molecule has 1 unspecified atom stereocenters. The molecule has 0 saturated carbocycles. The number of rotatable bonds is 9. The fraction of sp³-hybridized carbons (Fsp3) is 0.435. The van der Waals surface area contributed by atoms with Gasteiger partial charge in [0.25, 0.3) is 5.91 Å². The molecule has 1 amide bonds. The predicted molar refractivity (Wildman–Crippen MR) is 110 cm³/mol. The molecule has 4 heteroatoms. The number of ether oxygens (including phenoxy) is 1. The standard InChI is InChI=1S/C23H30N2O2/c1-3-5-6-9-17-27-19-14-12-18(13-15-19)22-24-21-11-8-7-10-20(21)23(26)25(22)16-4-2/h7-8,10-15,22,24H,3-6,9,16-17H2,1-2H3. The van der Waals surface area contributed by atoms with E-state index in [1.807, 2.05) is 41.3 Å². The Morgan fingerprint density at radius 3 is 2.48 bits per heavy atom. The van der Waals surface area contributed by atoms with Gasteiger partial charge < -0.3 is 15.0 Å². The van der Waals surface area contributed by atoms with Gasteiger partial charge in [-0.05, 0) is 42.7 Å². The average molecular weight is 367 g/mol. The van der Waals surface area contributed by atoms with Gasteiger partial charge in [-0.2, -0.15) is 0 Å². The molecule has 1 heterocycles. The smallest absolute Gasteiger partial charge is 0.257 e. The Hall–Kier alpha value is -2.49. The van der Waals surface area contributed by atoms with E-state index < -0.39 is 0 Å². The van der Waals surface area contributed by atoms with Crippen molar-refractivity contribution in [3.05, 3.63) is 59.7 Å². The van der Waals surface area contributed by atoms with Crippen LogP contribution in [0.5, 0.6) is 5.75 Å². The molecule has 0 radical (unpaired) electrons. The third-order valence-electron chi connectivity index (χ3n) is 4.95. The monoisotopic (exact) mass is 366 g/mol. The fourth-order valence-electron chi connectivity index (χ4n) is 3.49. The number of carbonyl (C=O) groups is 1.